The van der Waals surface area contributed by atoms with Crippen LogP contribution in [0.3, 0.4) is 0 Å². The fourth-order valence-corrected chi connectivity index (χ4v) is 8.27. The van der Waals surface area contributed by atoms with Gasteiger partial charge in [-0.3, -0.25) is 0 Å². The SMILES string of the molecule is [2H]c1cc2c(-c3cccc4c3ccc3ccccc34)c3c([2H])c([2H])c([2H])c([2H])c3c(-c3ccc4c(c3)C(C)(C)c3c-4ccc4ccccc34)c2c([2H])c1[2H]. The van der Waals surface area contributed by atoms with Crippen LogP contribution in [0.4, 0.5) is 0 Å². The Labute approximate surface area is 284 Å². The van der Waals surface area contributed by atoms with Gasteiger partial charge < -0.3 is 0 Å². The molecule has 0 nitrogen and oxygen atoms in total. The minimum absolute atomic E-state index is 0.122. The molecule has 10 rings (SSSR count). The van der Waals surface area contributed by atoms with Crippen molar-refractivity contribution >= 4 is 53.9 Å². The fraction of sp³-hybridized carbons (Fsp3) is 0.0638. The molecule has 0 saturated heterocycles. The van der Waals surface area contributed by atoms with Gasteiger partial charge in [0, 0.05) is 5.41 Å². The van der Waals surface area contributed by atoms with E-state index in [4.69, 9.17) is 5.48 Å². The summed E-state index contributed by atoms with van der Waals surface area (Å²) in [6.45, 7) is 4.43. The van der Waals surface area contributed by atoms with Crippen molar-refractivity contribution in [3.8, 4) is 33.4 Å². The summed E-state index contributed by atoms with van der Waals surface area (Å²) in [4.78, 5) is 0. The average molecular weight is 604 g/mol. The third-order valence-corrected chi connectivity index (χ3v) is 10.3. The quantitative estimate of drug-likeness (QED) is 0.136. The van der Waals surface area contributed by atoms with Crippen molar-refractivity contribution in [3.05, 3.63) is 169 Å². The number of hydrogen-bond donors (Lipinski definition) is 0. The van der Waals surface area contributed by atoms with Gasteiger partial charge in [-0.1, -0.05) is 165 Å². The molecule has 0 fully saturated rings. The number of fused-ring (bicyclic) bond motifs is 10. The van der Waals surface area contributed by atoms with Gasteiger partial charge in [-0.25, -0.2) is 0 Å². The van der Waals surface area contributed by atoms with Crippen molar-refractivity contribution in [3.63, 3.8) is 0 Å². The van der Waals surface area contributed by atoms with E-state index < -0.39 is 5.41 Å². The molecule has 0 spiro atoms. The van der Waals surface area contributed by atoms with Crippen molar-refractivity contribution < 1.29 is 9.60 Å². The lowest BCUT2D eigenvalue weighted by molar-refractivity contribution is 0.666. The maximum Gasteiger partial charge on any atom is 0.0629 e. The van der Waals surface area contributed by atoms with Gasteiger partial charge in [0.25, 0.3) is 0 Å². The maximum atomic E-state index is 9.48. The Morgan fingerprint density at radius 1 is 0.426 bits per heavy atom. The van der Waals surface area contributed by atoms with Crippen molar-refractivity contribution in [2.24, 2.45) is 0 Å². The van der Waals surface area contributed by atoms with Crippen LogP contribution in [0.25, 0.3) is 87.2 Å². The molecule has 1 aliphatic rings. The summed E-state index contributed by atoms with van der Waals surface area (Å²) >= 11 is 0. The Morgan fingerprint density at radius 2 is 1.06 bits per heavy atom. The largest absolute Gasteiger partial charge is 0.0629 e. The van der Waals surface area contributed by atoms with Crippen LogP contribution in [-0.4, -0.2) is 0 Å². The normalized spacial score (nSPS) is 15.6. The predicted octanol–water partition coefficient (Wildman–Crippen LogP) is 13.1. The Morgan fingerprint density at radius 3 is 1.89 bits per heavy atom. The van der Waals surface area contributed by atoms with E-state index in [0.29, 0.717) is 38.2 Å². The van der Waals surface area contributed by atoms with Gasteiger partial charge in [0.1, 0.15) is 0 Å². The lowest BCUT2D eigenvalue weighted by Crippen LogP contribution is -2.15. The van der Waals surface area contributed by atoms with Crippen molar-refractivity contribution in [1.82, 2.24) is 0 Å². The van der Waals surface area contributed by atoms with Crippen LogP contribution in [-0.2, 0) is 5.41 Å². The van der Waals surface area contributed by atoms with Crippen LogP contribution in [0.5, 0.6) is 0 Å². The molecular weight excluding hydrogens is 565 g/mol. The first-order chi connectivity index (χ1) is 26.0. The third kappa shape index (κ3) is 3.64. The molecule has 0 atom stereocenters. The van der Waals surface area contributed by atoms with Gasteiger partial charge >= 0.3 is 0 Å². The molecule has 0 heterocycles. The number of benzene rings is 9. The number of rotatable bonds is 2. The van der Waals surface area contributed by atoms with Gasteiger partial charge in [-0.15, -0.1) is 0 Å². The van der Waals surface area contributed by atoms with Crippen LogP contribution in [0, 0.1) is 0 Å². The zero-order chi connectivity index (χ0) is 37.4. The predicted molar refractivity (Wildman–Crippen MR) is 202 cm³/mol. The zero-order valence-corrected chi connectivity index (χ0v) is 26.0. The van der Waals surface area contributed by atoms with E-state index in [1.807, 2.05) is 42.5 Å². The monoisotopic (exact) mass is 603 g/mol. The van der Waals surface area contributed by atoms with Crippen LogP contribution in [0.15, 0.2) is 158 Å². The van der Waals surface area contributed by atoms with Gasteiger partial charge in [0.2, 0.25) is 0 Å². The molecule has 0 saturated carbocycles. The van der Waals surface area contributed by atoms with Crippen LogP contribution >= 0.6 is 0 Å². The summed E-state index contributed by atoms with van der Waals surface area (Å²) in [6.07, 6.45) is 0. The molecule has 0 unspecified atom stereocenters. The van der Waals surface area contributed by atoms with Crippen LogP contribution < -0.4 is 0 Å². The molecule has 0 amide bonds. The molecule has 47 heavy (non-hydrogen) atoms. The van der Waals surface area contributed by atoms with Gasteiger partial charge in [-0.2, -0.15) is 0 Å². The summed E-state index contributed by atoms with van der Waals surface area (Å²) in [5.74, 6) is 0. The fourth-order valence-electron chi connectivity index (χ4n) is 8.27. The minimum atomic E-state index is -0.406. The molecule has 0 radical (unpaired) electrons. The van der Waals surface area contributed by atoms with E-state index in [-0.39, 0.29) is 42.3 Å². The van der Waals surface area contributed by atoms with E-state index >= 15 is 0 Å². The van der Waals surface area contributed by atoms with Gasteiger partial charge in [0.15, 0.2) is 0 Å². The smallest absolute Gasteiger partial charge is 0.0616 e. The second-order valence-corrected chi connectivity index (χ2v) is 13.1. The van der Waals surface area contributed by atoms with Gasteiger partial charge in [0.05, 0.1) is 9.60 Å². The second kappa shape index (κ2) is 9.64. The number of hydrogen-bond acceptors (Lipinski definition) is 0. The lowest BCUT2D eigenvalue weighted by atomic mass is 9.79. The highest BCUT2D eigenvalue weighted by Crippen LogP contribution is 2.53. The minimum Gasteiger partial charge on any atom is -0.0616 e. The molecule has 0 N–H and O–H groups in total. The zero-order valence-electron chi connectivity index (χ0n) is 33.0. The van der Waals surface area contributed by atoms with Crippen LogP contribution in [0.1, 0.15) is 34.6 Å². The van der Waals surface area contributed by atoms with Crippen molar-refractivity contribution in [1.29, 1.82) is 0 Å². The summed E-state index contributed by atoms with van der Waals surface area (Å²) in [7, 11) is 0. The summed E-state index contributed by atoms with van der Waals surface area (Å²) in [6, 6.07) is 37.1. The third-order valence-electron chi connectivity index (χ3n) is 10.3. The molecule has 0 aliphatic heterocycles. The molecule has 220 valence electrons. The van der Waals surface area contributed by atoms with E-state index in [9.17, 15) is 4.11 Å². The maximum absolute atomic E-state index is 9.48. The van der Waals surface area contributed by atoms with Crippen molar-refractivity contribution in [2.75, 3.05) is 0 Å². The molecule has 0 bridgehead atoms. The summed E-state index contributed by atoms with van der Waals surface area (Å²) in [5.41, 5.74) is 6.59. The molecule has 0 heteroatoms. The highest BCUT2D eigenvalue weighted by Gasteiger charge is 2.37. The lowest BCUT2D eigenvalue weighted by Gasteiger charge is -2.24. The van der Waals surface area contributed by atoms with E-state index in [2.05, 4.69) is 80.6 Å². The standard InChI is InChI=1S/C47H32/c1-47(2)43-28-31(24-26-36(43)42-27-23-30-13-4-6-15-33(30)46(42)47)44-38-16-7-9-18-40(38)45(41-19-10-8-17-39(41)44)37-21-11-20-34-32-14-5-3-12-29(32)22-25-35(34)37/h3-28H,1-2H3/i7D,8D,9D,10D,16D,17D,18D. The first-order valence-corrected chi connectivity index (χ1v) is 16.0. The van der Waals surface area contributed by atoms with Crippen molar-refractivity contribution in [2.45, 2.75) is 19.3 Å². The highest BCUT2D eigenvalue weighted by molar-refractivity contribution is 6.25. The first-order valence-electron chi connectivity index (χ1n) is 19.5. The van der Waals surface area contributed by atoms with E-state index in [1.54, 1.807) is 6.07 Å². The topological polar surface area (TPSA) is 0 Å². The Bertz CT molecular complexity index is 3160. The average Bonchev–Trinajstić information content (AvgIpc) is 3.42. The van der Waals surface area contributed by atoms with E-state index in [0.717, 1.165) is 49.2 Å². The van der Waals surface area contributed by atoms with Gasteiger partial charge in [-0.05, 0) is 104 Å². The first kappa shape index (κ1) is 20.4. The molecular formula is C47H32. The Kier molecular flexibility index (Phi) is 4.19. The summed E-state index contributed by atoms with van der Waals surface area (Å²) in [5, 5.41) is 7.86. The second-order valence-electron chi connectivity index (χ2n) is 13.1. The van der Waals surface area contributed by atoms with E-state index in [1.165, 1.54) is 10.9 Å². The molecule has 1 aliphatic carbocycles. The van der Waals surface area contributed by atoms with Crippen LogP contribution in [0.2, 0.25) is 0 Å². The summed E-state index contributed by atoms with van der Waals surface area (Å²) < 4.78 is 64.0. The Balaban J connectivity index is 1.38. The molecule has 0 aromatic heterocycles. The Hall–Kier alpha value is -5.72. The highest BCUT2D eigenvalue weighted by atomic mass is 14.4. The molecule has 9 aromatic carbocycles. The molecule has 9 aromatic rings.